The molecule has 0 aliphatic heterocycles. The zero-order chi connectivity index (χ0) is 18.1. The maximum absolute atomic E-state index is 12.1. The van der Waals surface area contributed by atoms with Crippen molar-refractivity contribution >= 4 is 23.5 Å². The van der Waals surface area contributed by atoms with Gasteiger partial charge in [0.05, 0.1) is 5.75 Å². The molecule has 0 saturated heterocycles. The molecule has 1 aliphatic carbocycles. The Labute approximate surface area is 155 Å². The molecule has 1 N–H and O–H groups in total. The third-order valence-electron chi connectivity index (χ3n) is 4.11. The van der Waals surface area contributed by atoms with Crippen LogP contribution in [0.3, 0.4) is 0 Å². The van der Waals surface area contributed by atoms with E-state index in [-0.39, 0.29) is 11.7 Å². The molecule has 3 aromatic rings. The van der Waals surface area contributed by atoms with Crippen LogP contribution >= 0.6 is 11.8 Å². The second kappa shape index (κ2) is 6.95. The normalized spacial score (nSPS) is 13.8. The number of benzene rings is 1. The van der Waals surface area contributed by atoms with Gasteiger partial charge in [-0.05, 0) is 26.7 Å². The molecular formula is C18H19N5O2S. The van der Waals surface area contributed by atoms with Gasteiger partial charge in [0.15, 0.2) is 16.8 Å². The number of hydrogen-bond acceptors (Lipinski definition) is 6. The van der Waals surface area contributed by atoms with Crippen LogP contribution in [-0.2, 0) is 4.79 Å². The van der Waals surface area contributed by atoms with E-state index in [9.17, 15) is 4.79 Å². The highest BCUT2D eigenvalue weighted by molar-refractivity contribution is 7.99. The number of thioether (sulfide) groups is 1. The first-order valence-corrected chi connectivity index (χ1v) is 9.46. The van der Waals surface area contributed by atoms with Crippen LogP contribution in [0.15, 0.2) is 40.0 Å². The molecule has 0 radical (unpaired) electrons. The van der Waals surface area contributed by atoms with E-state index in [1.165, 1.54) is 17.3 Å². The maximum Gasteiger partial charge on any atom is 0.236 e. The highest BCUT2D eigenvalue weighted by atomic mass is 32.2. The SMILES string of the molecule is Cc1ccc(-c2nnc(SCC(=O)Nc3cc(C)on3)n2C2CC2)cc1. The van der Waals surface area contributed by atoms with Gasteiger partial charge >= 0.3 is 0 Å². The van der Waals surface area contributed by atoms with Crippen molar-refractivity contribution in [3.8, 4) is 11.4 Å². The second-order valence-electron chi connectivity index (χ2n) is 6.43. The van der Waals surface area contributed by atoms with Crippen LogP contribution < -0.4 is 5.32 Å². The molecule has 1 aliphatic rings. The topological polar surface area (TPSA) is 85.8 Å². The lowest BCUT2D eigenvalue weighted by molar-refractivity contribution is -0.113. The first kappa shape index (κ1) is 16.8. The largest absolute Gasteiger partial charge is 0.360 e. The molecule has 134 valence electrons. The van der Waals surface area contributed by atoms with Crippen LogP contribution in [-0.4, -0.2) is 31.6 Å². The zero-order valence-corrected chi connectivity index (χ0v) is 15.4. The standard InChI is InChI=1S/C18H19N5O2S/c1-11-3-5-13(6-4-11)17-20-21-18(23(17)14-7-8-14)26-10-16(24)19-15-9-12(2)25-22-15/h3-6,9,14H,7-8,10H2,1-2H3,(H,19,22,24). The van der Waals surface area contributed by atoms with E-state index in [1.54, 1.807) is 13.0 Å². The molecule has 2 aromatic heterocycles. The van der Waals surface area contributed by atoms with E-state index in [2.05, 4.69) is 56.4 Å². The third kappa shape index (κ3) is 3.65. The van der Waals surface area contributed by atoms with Gasteiger partial charge < -0.3 is 9.84 Å². The molecule has 2 heterocycles. The predicted molar refractivity (Wildman–Crippen MR) is 99.1 cm³/mol. The van der Waals surface area contributed by atoms with Gasteiger partial charge in [0.25, 0.3) is 0 Å². The highest BCUT2D eigenvalue weighted by Crippen LogP contribution is 2.41. The quantitative estimate of drug-likeness (QED) is 0.668. The Morgan fingerprint density at radius 3 is 2.69 bits per heavy atom. The van der Waals surface area contributed by atoms with Crippen molar-refractivity contribution in [1.29, 1.82) is 0 Å². The molecule has 1 fully saturated rings. The first-order valence-electron chi connectivity index (χ1n) is 8.48. The van der Waals surface area contributed by atoms with Gasteiger partial charge in [-0.1, -0.05) is 46.7 Å². The summed E-state index contributed by atoms with van der Waals surface area (Å²) in [6, 6.07) is 10.4. The summed E-state index contributed by atoms with van der Waals surface area (Å²) in [6.45, 7) is 3.84. The summed E-state index contributed by atoms with van der Waals surface area (Å²) < 4.78 is 7.11. The van der Waals surface area contributed by atoms with Crippen molar-refractivity contribution in [3.05, 3.63) is 41.7 Å². The molecule has 26 heavy (non-hydrogen) atoms. The van der Waals surface area contributed by atoms with Gasteiger partial charge in [-0.3, -0.25) is 9.36 Å². The second-order valence-corrected chi connectivity index (χ2v) is 7.38. The number of amides is 1. The Hall–Kier alpha value is -2.61. The Morgan fingerprint density at radius 1 is 1.27 bits per heavy atom. The molecule has 0 bridgehead atoms. The summed E-state index contributed by atoms with van der Waals surface area (Å²) >= 11 is 1.39. The molecule has 0 unspecified atom stereocenters. The van der Waals surface area contributed by atoms with Crippen LogP contribution in [0, 0.1) is 13.8 Å². The van der Waals surface area contributed by atoms with E-state index in [1.807, 2.05) is 0 Å². The molecule has 8 heteroatoms. The smallest absolute Gasteiger partial charge is 0.236 e. The fourth-order valence-electron chi connectivity index (χ4n) is 2.67. The van der Waals surface area contributed by atoms with E-state index in [4.69, 9.17) is 4.52 Å². The maximum atomic E-state index is 12.1. The lowest BCUT2D eigenvalue weighted by Gasteiger charge is -2.09. The Kier molecular flexibility index (Phi) is 4.50. The molecule has 0 atom stereocenters. The minimum absolute atomic E-state index is 0.148. The number of nitrogens with zero attached hydrogens (tertiary/aromatic N) is 4. The Bertz CT molecular complexity index is 927. The minimum Gasteiger partial charge on any atom is -0.360 e. The minimum atomic E-state index is -0.148. The van der Waals surface area contributed by atoms with Crippen LogP contribution in [0.1, 0.15) is 30.2 Å². The van der Waals surface area contributed by atoms with Gasteiger partial charge in [0.1, 0.15) is 5.76 Å². The summed E-state index contributed by atoms with van der Waals surface area (Å²) in [7, 11) is 0. The number of hydrogen-bond donors (Lipinski definition) is 1. The molecule has 0 spiro atoms. The predicted octanol–water partition coefficient (Wildman–Crippen LogP) is 3.62. The number of aryl methyl sites for hydroxylation is 2. The number of carbonyl (C=O) groups excluding carboxylic acids is 1. The third-order valence-corrected chi connectivity index (χ3v) is 5.06. The van der Waals surface area contributed by atoms with Gasteiger partial charge in [0.2, 0.25) is 5.91 Å². The van der Waals surface area contributed by atoms with E-state index >= 15 is 0 Å². The summed E-state index contributed by atoms with van der Waals surface area (Å²) in [5, 5.41) is 16.0. The zero-order valence-electron chi connectivity index (χ0n) is 14.6. The first-order chi connectivity index (χ1) is 12.6. The molecule has 4 rings (SSSR count). The average molecular weight is 369 g/mol. The van der Waals surface area contributed by atoms with Gasteiger partial charge in [-0.2, -0.15) is 0 Å². The average Bonchev–Trinajstić information content (AvgIpc) is 3.25. The highest BCUT2D eigenvalue weighted by Gasteiger charge is 2.30. The van der Waals surface area contributed by atoms with Gasteiger partial charge in [0, 0.05) is 17.7 Å². The fraction of sp³-hybridized carbons (Fsp3) is 0.333. The monoisotopic (exact) mass is 369 g/mol. The van der Waals surface area contributed by atoms with E-state index < -0.39 is 0 Å². The summed E-state index contributed by atoms with van der Waals surface area (Å²) in [5.74, 6) is 2.04. The van der Waals surface area contributed by atoms with Crippen molar-refractivity contribution in [1.82, 2.24) is 19.9 Å². The van der Waals surface area contributed by atoms with Crippen molar-refractivity contribution in [2.45, 2.75) is 37.9 Å². The van der Waals surface area contributed by atoms with Crippen molar-refractivity contribution in [3.63, 3.8) is 0 Å². The van der Waals surface area contributed by atoms with Crippen molar-refractivity contribution < 1.29 is 9.32 Å². The van der Waals surface area contributed by atoms with Crippen LogP contribution in [0.25, 0.3) is 11.4 Å². The Balaban J connectivity index is 1.48. The number of aromatic nitrogens is 4. The molecular weight excluding hydrogens is 350 g/mol. The summed E-state index contributed by atoms with van der Waals surface area (Å²) in [4.78, 5) is 12.1. The number of nitrogens with one attached hydrogen (secondary N) is 1. The lowest BCUT2D eigenvalue weighted by atomic mass is 10.1. The van der Waals surface area contributed by atoms with Gasteiger partial charge in [-0.15, -0.1) is 10.2 Å². The fourth-order valence-corrected chi connectivity index (χ4v) is 3.48. The van der Waals surface area contributed by atoms with Gasteiger partial charge in [-0.25, -0.2) is 0 Å². The van der Waals surface area contributed by atoms with E-state index in [0.717, 1.165) is 29.4 Å². The summed E-state index contributed by atoms with van der Waals surface area (Å²) in [6.07, 6.45) is 2.24. The molecule has 7 nitrogen and oxygen atoms in total. The van der Waals surface area contributed by atoms with Crippen molar-refractivity contribution in [2.75, 3.05) is 11.1 Å². The lowest BCUT2D eigenvalue weighted by Crippen LogP contribution is -2.14. The summed E-state index contributed by atoms with van der Waals surface area (Å²) in [5.41, 5.74) is 2.25. The molecule has 1 aromatic carbocycles. The van der Waals surface area contributed by atoms with Crippen molar-refractivity contribution in [2.24, 2.45) is 0 Å². The van der Waals surface area contributed by atoms with Crippen LogP contribution in [0.4, 0.5) is 5.82 Å². The molecule has 1 amide bonds. The van der Waals surface area contributed by atoms with Crippen LogP contribution in [0.5, 0.6) is 0 Å². The number of rotatable bonds is 6. The Morgan fingerprint density at radius 2 is 2.04 bits per heavy atom. The number of carbonyl (C=O) groups is 1. The molecule has 1 saturated carbocycles. The van der Waals surface area contributed by atoms with Crippen LogP contribution in [0.2, 0.25) is 0 Å². The van der Waals surface area contributed by atoms with E-state index in [0.29, 0.717) is 17.6 Å². The number of anilines is 1.